The molecule has 27 heavy (non-hydrogen) atoms. The number of hydrogen-bond donors (Lipinski definition) is 1. The maximum absolute atomic E-state index is 12.7. The maximum atomic E-state index is 12.7. The second-order valence-corrected chi connectivity index (χ2v) is 8.83. The molecule has 2 aromatic rings. The monoisotopic (exact) mass is 408 g/mol. The van der Waals surface area contributed by atoms with Crippen molar-refractivity contribution in [3.8, 4) is 0 Å². The summed E-state index contributed by atoms with van der Waals surface area (Å²) in [4.78, 5) is 13.4. The fraction of sp³-hybridized carbons (Fsp3) is 0.316. The number of carboxylic acids is 1. The quantitative estimate of drug-likeness (QED) is 0.794. The van der Waals surface area contributed by atoms with Gasteiger partial charge in [-0.15, -0.1) is 0 Å². The molecular weight excluding hydrogens is 388 g/mol. The molecule has 1 heterocycles. The van der Waals surface area contributed by atoms with Crippen LogP contribution >= 0.6 is 11.6 Å². The molecule has 0 atom stereocenters. The summed E-state index contributed by atoms with van der Waals surface area (Å²) >= 11 is 5.83. The number of halogens is 1. The molecule has 0 aromatic heterocycles. The van der Waals surface area contributed by atoms with E-state index in [1.165, 1.54) is 16.4 Å². The number of piperazine rings is 1. The molecule has 0 amide bonds. The van der Waals surface area contributed by atoms with Gasteiger partial charge in [0.1, 0.15) is 0 Å². The van der Waals surface area contributed by atoms with Crippen LogP contribution < -0.4 is 0 Å². The highest BCUT2D eigenvalue weighted by Gasteiger charge is 2.28. The first-order valence-corrected chi connectivity index (χ1v) is 10.5. The van der Waals surface area contributed by atoms with Gasteiger partial charge in [-0.25, -0.2) is 13.2 Å². The highest BCUT2D eigenvalue weighted by molar-refractivity contribution is 7.89. The van der Waals surface area contributed by atoms with Gasteiger partial charge in [-0.1, -0.05) is 23.7 Å². The van der Waals surface area contributed by atoms with Crippen LogP contribution in [0.15, 0.2) is 53.4 Å². The van der Waals surface area contributed by atoms with Crippen LogP contribution in [0.1, 0.15) is 15.9 Å². The van der Waals surface area contributed by atoms with Crippen LogP contribution in [-0.4, -0.2) is 61.4 Å². The van der Waals surface area contributed by atoms with E-state index < -0.39 is 16.0 Å². The van der Waals surface area contributed by atoms with Crippen molar-refractivity contribution < 1.29 is 18.3 Å². The zero-order valence-electron chi connectivity index (χ0n) is 14.7. The van der Waals surface area contributed by atoms with Crippen LogP contribution in [-0.2, 0) is 16.4 Å². The second-order valence-electron chi connectivity index (χ2n) is 6.45. The van der Waals surface area contributed by atoms with Crippen molar-refractivity contribution >= 4 is 27.6 Å². The minimum atomic E-state index is -3.49. The minimum Gasteiger partial charge on any atom is -0.478 e. The predicted molar refractivity (Wildman–Crippen MR) is 104 cm³/mol. The molecule has 0 radical (unpaired) electrons. The van der Waals surface area contributed by atoms with Crippen molar-refractivity contribution in [2.24, 2.45) is 0 Å². The Hall–Kier alpha value is -1.93. The standard InChI is InChI=1S/C19H21ClN2O4S/c20-17-5-7-18(8-6-17)27(25,26)22-13-11-21(12-14-22)10-9-15-1-3-16(4-2-15)19(23)24/h1-8H,9-14H2,(H,23,24). The molecule has 3 rings (SSSR count). The van der Waals surface area contributed by atoms with E-state index >= 15 is 0 Å². The van der Waals surface area contributed by atoms with E-state index in [0.29, 0.717) is 31.2 Å². The lowest BCUT2D eigenvalue weighted by Crippen LogP contribution is -2.48. The van der Waals surface area contributed by atoms with E-state index in [9.17, 15) is 13.2 Å². The third-order valence-electron chi connectivity index (χ3n) is 4.70. The molecule has 8 heteroatoms. The molecule has 6 nitrogen and oxygen atoms in total. The van der Waals surface area contributed by atoms with Crippen LogP contribution in [0.3, 0.4) is 0 Å². The molecule has 144 valence electrons. The molecule has 0 spiro atoms. The van der Waals surface area contributed by atoms with E-state index in [-0.39, 0.29) is 10.5 Å². The van der Waals surface area contributed by atoms with Crippen molar-refractivity contribution in [1.82, 2.24) is 9.21 Å². The molecule has 1 aliphatic heterocycles. The topological polar surface area (TPSA) is 77.9 Å². The first-order chi connectivity index (χ1) is 12.9. The molecule has 1 saturated heterocycles. The Morgan fingerprint density at radius 1 is 0.963 bits per heavy atom. The molecule has 0 saturated carbocycles. The number of aromatic carboxylic acids is 1. The van der Waals surface area contributed by atoms with Gasteiger partial charge in [-0.05, 0) is 48.4 Å². The lowest BCUT2D eigenvalue weighted by atomic mass is 10.1. The summed E-state index contributed by atoms with van der Waals surface area (Å²) in [6.45, 7) is 3.03. The van der Waals surface area contributed by atoms with Gasteiger partial charge in [0.05, 0.1) is 10.5 Å². The number of benzene rings is 2. The Morgan fingerprint density at radius 3 is 2.11 bits per heavy atom. The summed E-state index contributed by atoms with van der Waals surface area (Å²) in [6.07, 6.45) is 0.795. The number of carboxylic acid groups (broad SMARTS) is 1. The third-order valence-corrected chi connectivity index (χ3v) is 6.87. The molecular formula is C19H21ClN2O4S. The largest absolute Gasteiger partial charge is 0.478 e. The molecule has 0 aliphatic carbocycles. The fourth-order valence-electron chi connectivity index (χ4n) is 3.05. The van der Waals surface area contributed by atoms with Gasteiger partial charge in [-0.3, -0.25) is 0 Å². The Balaban J connectivity index is 1.52. The maximum Gasteiger partial charge on any atom is 0.335 e. The Bertz CT molecular complexity index is 890. The average molecular weight is 409 g/mol. The molecule has 0 bridgehead atoms. The van der Waals surface area contributed by atoms with Crippen LogP contribution in [0.2, 0.25) is 5.02 Å². The SMILES string of the molecule is O=C(O)c1ccc(CCN2CCN(S(=O)(=O)c3ccc(Cl)cc3)CC2)cc1. The Labute approximate surface area is 164 Å². The normalized spacial score (nSPS) is 16.3. The van der Waals surface area contributed by atoms with Gasteiger partial charge in [-0.2, -0.15) is 4.31 Å². The number of carbonyl (C=O) groups is 1. The van der Waals surface area contributed by atoms with Crippen LogP contribution in [0, 0.1) is 0 Å². The van der Waals surface area contributed by atoms with Crippen molar-refractivity contribution in [3.05, 3.63) is 64.7 Å². The third kappa shape index (κ3) is 4.87. The van der Waals surface area contributed by atoms with E-state index in [4.69, 9.17) is 16.7 Å². The minimum absolute atomic E-state index is 0.263. The van der Waals surface area contributed by atoms with Gasteiger partial charge in [0.15, 0.2) is 0 Å². The van der Waals surface area contributed by atoms with Crippen molar-refractivity contribution in [3.63, 3.8) is 0 Å². The van der Waals surface area contributed by atoms with E-state index in [1.807, 2.05) is 12.1 Å². The lowest BCUT2D eigenvalue weighted by molar-refractivity contribution is 0.0697. The summed E-state index contributed by atoms with van der Waals surface area (Å²) in [6, 6.07) is 13.1. The number of sulfonamides is 1. The van der Waals surface area contributed by atoms with Crippen molar-refractivity contribution in [1.29, 1.82) is 0 Å². The lowest BCUT2D eigenvalue weighted by Gasteiger charge is -2.34. The molecule has 1 N–H and O–H groups in total. The van der Waals surface area contributed by atoms with Crippen molar-refractivity contribution in [2.75, 3.05) is 32.7 Å². The Kier molecular flexibility index (Phi) is 6.16. The summed E-state index contributed by atoms with van der Waals surface area (Å²) in [5.41, 5.74) is 1.34. The summed E-state index contributed by atoms with van der Waals surface area (Å²) in [5, 5.41) is 9.44. The second kappa shape index (κ2) is 8.39. The van der Waals surface area contributed by atoms with Crippen LogP contribution in [0.25, 0.3) is 0 Å². The molecule has 2 aromatic carbocycles. The number of hydrogen-bond acceptors (Lipinski definition) is 4. The van der Waals surface area contributed by atoms with Gasteiger partial charge >= 0.3 is 5.97 Å². The van der Waals surface area contributed by atoms with E-state index in [1.54, 1.807) is 24.3 Å². The molecule has 1 aliphatic rings. The first-order valence-electron chi connectivity index (χ1n) is 8.66. The van der Waals surface area contributed by atoms with Gasteiger partial charge in [0.2, 0.25) is 10.0 Å². The smallest absolute Gasteiger partial charge is 0.335 e. The molecule has 0 unspecified atom stereocenters. The highest BCUT2D eigenvalue weighted by Crippen LogP contribution is 2.20. The van der Waals surface area contributed by atoms with Crippen LogP contribution in [0.5, 0.6) is 0 Å². The highest BCUT2D eigenvalue weighted by atomic mass is 35.5. The first kappa shape index (κ1) is 19.8. The Morgan fingerprint density at radius 2 is 1.56 bits per heavy atom. The van der Waals surface area contributed by atoms with Crippen molar-refractivity contribution in [2.45, 2.75) is 11.3 Å². The molecule has 1 fully saturated rings. The van der Waals surface area contributed by atoms with Gasteiger partial charge < -0.3 is 10.0 Å². The van der Waals surface area contributed by atoms with E-state index in [0.717, 1.165) is 18.5 Å². The van der Waals surface area contributed by atoms with Gasteiger partial charge in [0, 0.05) is 37.7 Å². The summed E-state index contributed by atoms with van der Waals surface area (Å²) in [7, 11) is -3.49. The zero-order chi connectivity index (χ0) is 19.4. The fourth-order valence-corrected chi connectivity index (χ4v) is 4.60. The summed E-state index contributed by atoms with van der Waals surface area (Å²) < 4.78 is 26.9. The van der Waals surface area contributed by atoms with Gasteiger partial charge in [0.25, 0.3) is 0 Å². The number of nitrogens with zero attached hydrogens (tertiary/aromatic N) is 2. The zero-order valence-corrected chi connectivity index (χ0v) is 16.3. The number of rotatable bonds is 6. The van der Waals surface area contributed by atoms with E-state index in [2.05, 4.69) is 4.90 Å². The average Bonchev–Trinajstić information content (AvgIpc) is 2.67. The van der Waals surface area contributed by atoms with Crippen LogP contribution in [0.4, 0.5) is 0 Å². The summed E-state index contributed by atoms with van der Waals surface area (Å²) in [5.74, 6) is -0.931. The predicted octanol–water partition coefficient (Wildman–Crippen LogP) is 2.59.